The van der Waals surface area contributed by atoms with E-state index in [1.54, 1.807) is 18.2 Å². The highest BCUT2D eigenvalue weighted by Gasteiger charge is 2.04. The van der Waals surface area contributed by atoms with Crippen LogP contribution < -0.4 is 10.1 Å². The van der Waals surface area contributed by atoms with Gasteiger partial charge in [-0.3, -0.25) is 0 Å². The fourth-order valence-electron chi connectivity index (χ4n) is 1.80. The van der Waals surface area contributed by atoms with Crippen molar-refractivity contribution in [3.8, 4) is 5.75 Å². The quantitative estimate of drug-likeness (QED) is 0.903. The lowest BCUT2D eigenvalue weighted by Gasteiger charge is -2.10. The smallest absolute Gasteiger partial charge is 0.165 e. The molecule has 0 aromatic heterocycles. The average Bonchev–Trinajstić information content (AvgIpc) is 2.40. The zero-order valence-electron chi connectivity index (χ0n) is 10.8. The highest BCUT2D eigenvalue weighted by molar-refractivity contribution is 5.51. The third kappa shape index (κ3) is 3.22. The van der Waals surface area contributed by atoms with E-state index < -0.39 is 5.82 Å². The number of hydrogen-bond donors (Lipinski definition) is 1. The molecule has 0 bridgehead atoms. The number of methoxy groups -OCH3 is 1. The van der Waals surface area contributed by atoms with Crippen LogP contribution >= 0.6 is 0 Å². The van der Waals surface area contributed by atoms with Crippen molar-refractivity contribution in [3.05, 3.63) is 59.2 Å². The molecule has 100 valence electrons. The molecule has 4 heteroatoms. The largest absolute Gasteiger partial charge is 0.494 e. The van der Waals surface area contributed by atoms with Gasteiger partial charge in [0, 0.05) is 12.2 Å². The molecule has 0 saturated heterocycles. The van der Waals surface area contributed by atoms with E-state index in [-0.39, 0.29) is 11.6 Å². The van der Waals surface area contributed by atoms with Gasteiger partial charge < -0.3 is 10.1 Å². The van der Waals surface area contributed by atoms with Gasteiger partial charge in [0.25, 0.3) is 0 Å². The third-order valence-corrected chi connectivity index (χ3v) is 2.90. The normalized spacial score (nSPS) is 10.3. The van der Waals surface area contributed by atoms with Crippen molar-refractivity contribution in [2.24, 2.45) is 0 Å². The first-order valence-electron chi connectivity index (χ1n) is 5.92. The van der Waals surface area contributed by atoms with Gasteiger partial charge in [0.05, 0.1) is 7.11 Å². The first-order chi connectivity index (χ1) is 9.10. The molecule has 1 N–H and O–H groups in total. The van der Waals surface area contributed by atoms with Crippen molar-refractivity contribution >= 4 is 5.69 Å². The Balaban J connectivity index is 2.10. The Bertz CT molecular complexity index is 584. The van der Waals surface area contributed by atoms with E-state index in [0.717, 1.165) is 11.1 Å². The molecule has 0 radical (unpaired) electrons. The van der Waals surface area contributed by atoms with E-state index >= 15 is 0 Å². The number of aryl methyl sites for hydroxylation is 1. The van der Waals surface area contributed by atoms with Crippen LogP contribution in [0.4, 0.5) is 14.5 Å². The molecule has 2 nitrogen and oxygen atoms in total. The molecule has 0 amide bonds. The van der Waals surface area contributed by atoms with Crippen LogP contribution in [0.15, 0.2) is 36.4 Å². The summed E-state index contributed by atoms with van der Waals surface area (Å²) in [6, 6.07) is 9.28. The van der Waals surface area contributed by atoms with Crippen LogP contribution in [-0.4, -0.2) is 7.11 Å². The zero-order valence-corrected chi connectivity index (χ0v) is 10.8. The van der Waals surface area contributed by atoms with Gasteiger partial charge in [-0.1, -0.05) is 12.1 Å². The van der Waals surface area contributed by atoms with Crippen LogP contribution in [0.2, 0.25) is 0 Å². The first-order valence-corrected chi connectivity index (χ1v) is 5.92. The summed E-state index contributed by atoms with van der Waals surface area (Å²) in [6.07, 6.45) is 0. The summed E-state index contributed by atoms with van der Waals surface area (Å²) in [7, 11) is 1.42. The molecule has 0 fully saturated rings. The predicted molar refractivity (Wildman–Crippen MR) is 71.4 cm³/mol. The Labute approximate surface area is 111 Å². The van der Waals surface area contributed by atoms with Crippen LogP contribution in [0.5, 0.6) is 5.75 Å². The van der Waals surface area contributed by atoms with Crippen molar-refractivity contribution in [1.29, 1.82) is 0 Å². The number of rotatable bonds is 4. The maximum Gasteiger partial charge on any atom is 0.165 e. The van der Waals surface area contributed by atoms with Gasteiger partial charge in [0.1, 0.15) is 5.82 Å². The summed E-state index contributed by atoms with van der Waals surface area (Å²) < 4.78 is 31.5. The summed E-state index contributed by atoms with van der Waals surface area (Å²) in [4.78, 5) is 0. The molecule has 19 heavy (non-hydrogen) atoms. The number of ether oxygens (including phenoxy) is 1. The van der Waals surface area contributed by atoms with Gasteiger partial charge in [0.15, 0.2) is 11.6 Å². The lowest BCUT2D eigenvalue weighted by atomic mass is 10.1. The highest BCUT2D eigenvalue weighted by Crippen LogP contribution is 2.20. The average molecular weight is 263 g/mol. The monoisotopic (exact) mass is 263 g/mol. The molecule has 2 aromatic rings. The summed E-state index contributed by atoms with van der Waals surface area (Å²) >= 11 is 0. The highest BCUT2D eigenvalue weighted by atomic mass is 19.1. The Hall–Kier alpha value is -2.10. The van der Waals surface area contributed by atoms with Crippen LogP contribution in [0.3, 0.4) is 0 Å². The van der Waals surface area contributed by atoms with Crippen LogP contribution in [-0.2, 0) is 6.54 Å². The van der Waals surface area contributed by atoms with Crippen molar-refractivity contribution in [2.45, 2.75) is 13.5 Å². The molecular weight excluding hydrogens is 248 g/mol. The molecule has 0 spiro atoms. The molecule has 2 rings (SSSR count). The zero-order chi connectivity index (χ0) is 13.8. The molecule has 0 atom stereocenters. The Morgan fingerprint density at radius 1 is 1.11 bits per heavy atom. The van der Waals surface area contributed by atoms with E-state index in [2.05, 4.69) is 5.32 Å². The second kappa shape index (κ2) is 5.69. The lowest BCUT2D eigenvalue weighted by Crippen LogP contribution is -2.02. The van der Waals surface area contributed by atoms with Crippen LogP contribution in [0, 0.1) is 18.6 Å². The standard InChI is InChI=1S/C15H15F2NO/c1-10-3-5-12(16)8-14(10)18-9-11-4-6-15(19-2)13(17)7-11/h3-8,18H,9H2,1-2H3. The number of nitrogens with one attached hydrogen (secondary N) is 1. The molecule has 0 unspecified atom stereocenters. The van der Waals surface area contributed by atoms with E-state index in [0.29, 0.717) is 12.2 Å². The van der Waals surface area contributed by atoms with Crippen molar-refractivity contribution in [2.75, 3.05) is 12.4 Å². The van der Waals surface area contributed by atoms with Gasteiger partial charge in [0.2, 0.25) is 0 Å². The lowest BCUT2D eigenvalue weighted by molar-refractivity contribution is 0.386. The fraction of sp³-hybridized carbons (Fsp3) is 0.200. The van der Waals surface area contributed by atoms with E-state index in [1.807, 2.05) is 6.92 Å². The van der Waals surface area contributed by atoms with Gasteiger partial charge in [-0.05, 0) is 42.3 Å². The maximum absolute atomic E-state index is 13.5. The van der Waals surface area contributed by atoms with Crippen molar-refractivity contribution in [1.82, 2.24) is 0 Å². The molecular formula is C15H15F2NO. The van der Waals surface area contributed by atoms with Gasteiger partial charge >= 0.3 is 0 Å². The Morgan fingerprint density at radius 3 is 2.58 bits per heavy atom. The second-order valence-electron chi connectivity index (χ2n) is 4.28. The summed E-state index contributed by atoms with van der Waals surface area (Å²) in [6.45, 7) is 2.31. The van der Waals surface area contributed by atoms with Crippen molar-refractivity contribution < 1.29 is 13.5 Å². The SMILES string of the molecule is COc1ccc(CNc2cc(F)ccc2C)cc1F. The van der Waals surface area contributed by atoms with Crippen LogP contribution in [0.25, 0.3) is 0 Å². The molecule has 2 aromatic carbocycles. The molecule has 0 aliphatic heterocycles. The molecule has 0 heterocycles. The Morgan fingerprint density at radius 2 is 1.89 bits per heavy atom. The maximum atomic E-state index is 13.5. The molecule has 0 aliphatic rings. The number of anilines is 1. The third-order valence-electron chi connectivity index (χ3n) is 2.90. The minimum atomic E-state index is -0.405. The summed E-state index contributed by atoms with van der Waals surface area (Å²) in [5, 5.41) is 3.09. The predicted octanol–water partition coefficient (Wildman–Crippen LogP) is 3.89. The molecule has 0 saturated carbocycles. The first kappa shape index (κ1) is 13.3. The number of benzene rings is 2. The van der Waals surface area contributed by atoms with Gasteiger partial charge in [-0.15, -0.1) is 0 Å². The van der Waals surface area contributed by atoms with E-state index in [9.17, 15) is 8.78 Å². The second-order valence-corrected chi connectivity index (χ2v) is 4.28. The fourth-order valence-corrected chi connectivity index (χ4v) is 1.80. The summed E-state index contributed by atoms with van der Waals surface area (Å²) in [5.41, 5.74) is 2.41. The van der Waals surface area contributed by atoms with Gasteiger partial charge in [-0.25, -0.2) is 8.78 Å². The number of hydrogen-bond acceptors (Lipinski definition) is 2. The minimum absolute atomic E-state index is 0.214. The summed E-state index contributed by atoms with van der Waals surface area (Å²) in [5.74, 6) is -0.488. The molecule has 0 aliphatic carbocycles. The van der Waals surface area contributed by atoms with Crippen LogP contribution in [0.1, 0.15) is 11.1 Å². The van der Waals surface area contributed by atoms with Gasteiger partial charge in [-0.2, -0.15) is 0 Å². The Kier molecular flexibility index (Phi) is 4.00. The topological polar surface area (TPSA) is 21.3 Å². The van der Waals surface area contributed by atoms with Crippen molar-refractivity contribution in [3.63, 3.8) is 0 Å². The van der Waals surface area contributed by atoms with E-state index in [4.69, 9.17) is 4.74 Å². The number of halogens is 2. The minimum Gasteiger partial charge on any atom is -0.494 e. The van der Waals surface area contributed by atoms with E-state index in [1.165, 1.54) is 25.3 Å².